The fourth-order valence-corrected chi connectivity index (χ4v) is 3.41. The van der Waals surface area contributed by atoms with Crippen LogP contribution in [0, 0.1) is 5.82 Å². The number of nitrogens with zero attached hydrogens (tertiary/aromatic N) is 2. The second-order valence-electron chi connectivity index (χ2n) is 6.26. The highest BCUT2D eigenvalue weighted by molar-refractivity contribution is 6.31. The Bertz CT molecular complexity index is 1260. The molecule has 28 heavy (non-hydrogen) atoms. The van der Waals surface area contributed by atoms with Crippen molar-refractivity contribution in [3.63, 3.8) is 0 Å². The highest BCUT2D eigenvalue weighted by atomic mass is 35.5. The summed E-state index contributed by atoms with van der Waals surface area (Å²) in [7, 11) is 0. The third-order valence-electron chi connectivity index (χ3n) is 4.54. The van der Waals surface area contributed by atoms with E-state index in [1.807, 2.05) is 18.2 Å². The molecule has 140 valence electrons. The molecular weight excluding hydrogens is 383 g/mol. The molecule has 5 nitrogen and oxygen atoms in total. The lowest BCUT2D eigenvalue weighted by Crippen LogP contribution is -2.24. The summed E-state index contributed by atoms with van der Waals surface area (Å²) in [6, 6.07) is 18.2. The summed E-state index contributed by atoms with van der Waals surface area (Å²) < 4.78 is 17.5. The quantitative estimate of drug-likeness (QED) is 0.558. The van der Waals surface area contributed by atoms with Crippen molar-refractivity contribution in [1.29, 1.82) is 0 Å². The van der Waals surface area contributed by atoms with Gasteiger partial charge in [-0.25, -0.2) is 14.0 Å². The predicted molar refractivity (Wildman–Crippen MR) is 105 cm³/mol. The van der Waals surface area contributed by atoms with E-state index in [4.69, 9.17) is 16.7 Å². The van der Waals surface area contributed by atoms with Gasteiger partial charge in [-0.1, -0.05) is 41.9 Å². The van der Waals surface area contributed by atoms with Gasteiger partial charge in [0.1, 0.15) is 5.82 Å². The molecule has 0 amide bonds. The second-order valence-corrected chi connectivity index (χ2v) is 6.69. The number of carbonyl (C=O) groups is 1. The van der Waals surface area contributed by atoms with Crippen molar-refractivity contribution < 1.29 is 14.3 Å². The van der Waals surface area contributed by atoms with Crippen molar-refractivity contribution in [3.8, 4) is 5.69 Å². The average molecular weight is 397 g/mol. The number of hydrogen-bond acceptors (Lipinski definition) is 2. The molecule has 4 rings (SSSR count). The minimum atomic E-state index is -1.36. The largest absolute Gasteiger partial charge is 0.478 e. The number of fused-ring (bicyclic) bond motifs is 1. The molecular formula is C21H14ClFN2O3. The van der Waals surface area contributed by atoms with Gasteiger partial charge in [-0.2, -0.15) is 0 Å². The second kappa shape index (κ2) is 6.98. The van der Waals surface area contributed by atoms with Gasteiger partial charge in [0.05, 0.1) is 28.8 Å². The first-order valence-corrected chi connectivity index (χ1v) is 8.82. The van der Waals surface area contributed by atoms with Gasteiger partial charge < -0.3 is 5.11 Å². The molecule has 1 N–H and O–H groups in total. The summed E-state index contributed by atoms with van der Waals surface area (Å²) in [6.45, 7) is -0.107. The minimum Gasteiger partial charge on any atom is -0.478 e. The monoisotopic (exact) mass is 396 g/mol. The Morgan fingerprint density at radius 1 is 1.00 bits per heavy atom. The van der Waals surface area contributed by atoms with Gasteiger partial charge in [0.25, 0.3) is 0 Å². The summed E-state index contributed by atoms with van der Waals surface area (Å²) in [5, 5.41) is 9.60. The van der Waals surface area contributed by atoms with Crippen LogP contribution >= 0.6 is 11.6 Å². The molecule has 0 radical (unpaired) electrons. The molecule has 4 aromatic rings. The first-order valence-electron chi connectivity index (χ1n) is 8.44. The van der Waals surface area contributed by atoms with Crippen LogP contribution in [0.4, 0.5) is 4.39 Å². The zero-order chi connectivity index (χ0) is 19.8. The number of rotatable bonds is 4. The third kappa shape index (κ3) is 2.97. The molecule has 1 heterocycles. The fourth-order valence-electron chi connectivity index (χ4n) is 3.25. The maximum Gasteiger partial charge on any atom is 0.338 e. The number of halogens is 2. The van der Waals surface area contributed by atoms with E-state index in [2.05, 4.69) is 0 Å². The van der Waals surface area contributed by atoms with E-state index in [0.29, 0.717) is 21.7 Å². The molecule has 7 heteroatoms. The lowest BCUT2D eigenvalue weighted by molar-refractivity contribution is 0.0691. The van der Waals surface area contributed by atoms with Gasteiger partial charge in [-0.05, 0) is 36.4 Å². The maximum atomic E-state index is 14.6. The number of carboxylic acids is 1. The highest BCUT2D eigenvalue weighted by Crippen LogP contribution is 2.23. The van der Waals surface area contributed by atoms with Gasteiger partial charge in [0.2, 0.25) is 0 Å². The zero-order valence-electron chi connectivity index (χ0n) is 14.5. The van der Waals surface area contributed by atoms with Crippen LogP contribution < -0.4 is 5.69 Å². The number of carboxylic acid groups (broad SMARTS) is 1. The molecule has 0 fully saturated rings. The topological polar surface area (TPSA) is 64.2 Å². The minimum absolute atomic E-state index is 0.107. The number of aromatic nitrogens is 2. The lowest BCUT2D eigenvalue weighted by Gasteiger charge is -2.07. The Morgan fingerprint density at radius 2 is 1.75 bits per heavy atom. The van der Waals surface area contributed by atoms with Gasteiger partial charge in [0.15, 0.2) is 0 Å². The summed E-state index contributed by atoms with van der Waals surface area (Å²) in [5.74, 6) is -2.21. The van der Waals surface area contributed by atoms with Crippen molar-refractivity contribution >= 4 is 28.6 Å². The van der Waals surface area contributed by atoms with Crippen LogP contribution in [0.3, 0.4) is 0 Å². The van der Waals surface area contributed by atoms with E-state index in [9.17, 15) is 14.0 Å². The van der Waals surface area contributed by atoms with Gasteiger partial charge in [-0.3, -0.25) is 9.13 Å². The van der Waals surface area contributed by atoms with E-state index >= 15 is 0 Å². The van der Waals surface area contributed by atoms with Crippen LogP contribution in [0.2, 0.25) is 5.02 Å². The normalized spacial score (nSPS) is 11.1. The Morgan fingerprint density at radius 3 is 2.46 bits per heavy atom. The predicted octanol–water partition coefficient (Wildman–Crippen LogP) is 4.33. The van der Waals surface area contributed by atoms with E-state index in [0.717, 1.165) is 0 Å². The fraction of sp³-hybridized carbons (Fsp3) is 0.0476. The Kier molecular flexibility index (Phi) is 4.49. The SMILES string of the molecule is O=C(O)c1cccc(Cn2c(=O)n(-c3ccccc3)c3cc(Cl)ccc32)c1F. The standard InChI is InChI=1S/C21H14ClFN2O3/c22-14-9-10-17-18(11-14)25(15-6-2-1-3-7-15)21(28)24(17)12-13-5-4-8-16(19(13)23)20(26)27/h1-11H,12H2,(H,26,27). The molecule has 0 aliphatic heterocycles. The lowest BCUT2D eigenvalue weighted by atomic mass is 10.1. The highest BCUT2D eigenvalue weighted by Gasteiger charge is 2.19. The molecule has 0 spiro atoms. The number of imidazole rings is 1. The summed E-state index contributed by atoms with van der Waals surface area (Å²) in [5.41, 5.74) is 1.11. The van der Waals surface area contributed by atoms with Crippen LogP contribution in [0.25, 0.3) is 16.7 Å². The Labute approximate surface area is 163 Å². The molecule has 0 aliphatic rings. The van der Waals surface area contributed by atoms with Crippen molar-refractivity contribution in [2.45, 2.75) is 6.54 Å². The molecule has 0 saturated carbocycles. The number of benzene rings is 3. The summed E-state index contributed by atoms with van der Waals surface area (Å²) >= 11 is 6.13. The number of aromatic carboxylic acids is 1. The first kappa shape index (κ1) is 18.0. The summed E-state index contributed by atoms with van der Waals surface area (Å²) in [4.78, 5) is 24.4. The molecule has 3 aromatic carbocycles. The molecule has 0 bridgehead atoms. The molecule has 1 aromatic heterocycles. The van der Waals surface area contributed by atoms with Gasteiger partial charge >= 0.3 is 11.7 Å². The number of hydrogen-bond donors (Lipinski definition) is 1. The van der Waals surface area contributed by atoms with Crippen LogP contribution in [-0.2, 0) is 6.54 Å². The van der Waals surface area contributed by atoms with Crippen molar-refractivity contribution in [3.05, 3.63) is 99.2 Å². The van der Waals surface area contributed by atoms with Crippen LogP contribution in [0.1, 0.15) is 15.9 Å². The summed E-state index contributed by atoms with van der Waals surface area (Å²) in [6.07, 6.45) is 0. The van der Waals surface area contributed by atoms with Crippen molar-refractivity contribution in [1.82, 2.24) is 9.13 Å². The van der Waals surface area contributed by atoms with E-state index in [-0.39, 0.29) is 17.8 Å². The van der Waals surface area contributed by atoms with Gasteiger partial charge in [-0.15, -0.1) is 0 Å². The Hall–Kier alpha value is -3.38. The van der Waals surface area contributed by atoms with Crippen molar-refractivity contribution in [2.24, 2.45) is 0 Å². The van der Waals surface area contributed by atoms with Crippen LogP contribution in [0.5, 0.6) is 0 Å². The van der Waals surface area contributed by atoms with E-state index in [1.165, 1.54) is 27.3 Å². The molecule has 0 atom stereocenters. The van der Waals surface area contributed by atoms with E-state index < -0.39 is 17.3 Å². The van der Waals surface area contributed by atoms with Crippen LogP contribution in [-0.4, -0.2) is 20.2 Å². The van der Waals surface area contributed by atoms with E-state index in [1.54, 1.807) is 30.3 Å². The molecule has 0 aliphatic carbocycles. The van der Waals surface area contributed by atoms with Crippen LogP contribution in [0.15, 0.2) is 71.5 Å². The maximum absolute atomic E-state index is 14.6. The van der Waals surface area contributed by atoms with Gasteiger partial charge in [0, 0.05) is 10.6 Å². The number of para-hydroxylation sites is 1. The molecule has 0 saturated heterocycles. The third-order valence-corrected chi connectivity index (χ3v) is 4.78. The first-order chi connectivity index (χ1) is 13.5. The smallest absolute Gasteiger partial charge is 0.338 e. The molecule has 0 unspecified atom stereocenters. The van der Waals surface area contributed by atoms with Crippen molar-refractivity contribution in [2.75, 3.05) is 0 Å². The zero-order valence-corrected chi connectivity index (χ0v) is 15.2. The Balaban J connectivity index is 1.95. The average Bonchev–Trinajstić information content (AvgIpc) is 2.94.